The van der Waals surface area contributed by atoms with Gasteiger partial charge in [-0.25, -0.2) is 4.98 Å². The third-order valence-corrected chi connectivity index (χ3v) is 3.75. The van der Waals surface area contributed by atoms with Crippen LogP contribution in [0.5, 0.6) is 5.88 Å². The molecule has 0 amide bonds. The number of hydrogen-bond donors (Lipinski definition) is 1. The van der Waals surface area contributed by atoms with E-state index >= 15 is 0 Å². The van der Waals surface area contributed by atoms with Crippen LogP contribution >= 0.6 is 11.8 Å². The Morgan fingerprint density at radius 1 is 1.67 bits per heavy atom. The van der Waals surface area contributed by atoms with Gasteiger partial charge in [-0.15, -0.1) is 0 Å². The molecule has 0 saturated carbocycles. The Morgan fingerprint density at radius 3 is 3.33 bits per heavy atom. The normalized spacial score (nSPS) is 20.2. The van der Waals surface area contributed by atoms with E-state index in [0.29, 0.717) is 17.1 Å². The molecule has 82 valence electrons. The molecule has 1 saturated heterocycles. The zero-order valence-corrected chi connectivity index (χ0v) is 9.59. The molecule has 15 heavy (non-hydrogen) atoms. The summed E-state index contributed by atoms with van der Waals surface area (Å²) in [4.78, 5) is 8.34. The number of anilines is 1. The lowest BCUT2D eigenvalue weighted by atomic mass is 10.2. The molecule has 0 aromatic carbocycles. The van der Waals surface area contributed by atoms with Gasteiger partial charge in [0, 0.05) is 24.1 Å². The van der Waals surface area contributed by atoms with Crippen molar-refractivity contribution in [3.8, 4) is 5.88 Å². The van der Waals surface area contributed by atoms with E-state index in [1.807, 2.05) is 11.8 Å². The van der Waals surface area contributed by atoms with E-state index in [9.17, 15) is 0 Å². The fraction of sp³-hybridized carbons (Fsp3) is 0.600. The van der Waals surface area contributed by atoms with Crippen molar-refractivity contribution in [3.05, 3.63) is 12.3 Å². The Balaban J connectivity index is 1.86. The van der Waals surface area contributed by atoms with E-state index in [1.54, 1.807) is 19.4 Å². The molecule has 5 heteroatoms. The zero-order valence-electron chi connectivity index (χ0n) is 8.77. The molecule has 0 radical (unpaired) electrons. The number of ether oxygens (including phenoxy) is 1. The SMILES string of the molecule is COc1ccnc(NCC2CCCS2)n1. The van der Waals surface area contributed by atoms with E-state index in [2.05, 4.69) is 15.3 Å². The van der Waals surface area contributed by atoms with Gasteiger partial charge >= 0.3 is 0 Å². The van der Waals surface area contributed by atoms with Crippen LogP contribution in [0.2, 0.25) is 0 Å². The number of hydrogen-bond acceptors (Lipinski definition) is 5. The van der Waals surface area contributed by atoms with Crippen molar-refractivity contribution in [1.82, 2.24) is 9.97 Å². The molecule has 1 aromatic rings. The molecule has 0 bridgehead atoms. The summed E-state index contributed by atoms with van der Waals surface area (Å²) in [6.07, 6.45) is 4.33. The third-order valence-electron chi connectivity index (χ3n) is 2.35. The van der Waals surface area contributed by atoms with E-state index in [-0.39, 0.29) is 0 Å². The molecule has 1 aromatic heterocycles. The van der Waals surface area contributed by atoms with E-state index in [1.165, 1.54) is 18.6 Å². The van der Waals surface area contributed by atoms with Crippen LogP contribution in [0.1, 0.15) is 12.8 Å². The van der Waals surface area contributed by atoms with Crippen molar-refractivity contribution >= 4 is 17.7 Å². The van der Waals surface area contributed by atoms with Gasteiger partial charge in [-0.3, -0.25) is 0 Å². The smallest absolute Gasteiger partial charge is 0.225 e. The molecule has 1 aliphatic rings. The Morgan fingerprint density at radius 2 is 2.60 bits per heavy atom. The third kappa shape index (κ3) is 2.99. The first-order chi connectivity index (χ1) is 7.38. The van der Waals surface area contributed by atoms with Crippen molar-refractivity contribution in [3.63, 3.8) is 0 Å². The second kappa shape index (κ2) is 5.21. The number of rotatable bonds is 4. The van der Waals surface area contributed by atoms with Gasteiger partial charge in [-0.05, 0) is 18.6 Å². The Bertz CT molecular complexity index is 315. The standard InChI is InChI=1S/C10H15N3OS/c1-14-9-4-5-11-10(13-9)12-7-8-3-2-6-15-8/h4-5,8H,2-3,6-7H2,1H3,(H,11,12,13). The molecule has 4 nitrogen and oxygen atoms in total. The van der Waals surface area contributed by atoms with Gasteiger partial charge in [0.1, 0.15) is 0 Å². The molecule has 2 rings (SSSR count). The van der Waals surface area contributed by atoms with Crippen molar-refractivity contribution in [1.29, 1.82) is 0 Å². The average molecular weight is 225 g/mol. The predicted octanol–water partition coefficient (Wildman–Crippen LogP) is 1.79. The van der Waals surface area contributed by atoms with Gasteiger partial charge in [-0.2, -0.15) is 16.7 Å². The zero-order chi connectivity index (χ0) is 10.5. The van der Waals surface area contributed by atoms with Crippen LogP contribution in [0, 0.1) is 0 Å². The minimum Gasteiger partial charge on any atom is -0.481 e. The van der Waals surface area contributed by atoms with Crippen molar-refractivity contribution in [2.45, 2.75) is 18.1 Å². The van der Waals surface area contributed by atoms with Gasteiger partial charge in [0.05, 0.1) is 7.11 Å². The fourth-order valence-electron chi connectivity index (χ4n) is 1.55. The lowest BCUT2D eigenvalue weighted by Crippen LogP contribution is -2.15. The maximum Gasteiger partial charge on any atom is 0.225 e. The quantitative estimate of drug-likeness (QED) is 0.846. The van der Waals surface area contributed by atoms with Crippen LogP contribution in [0.25, 0.3) is 0 Å². The first kappa shape index (κ1) is 10.5. The fourth-order valence-corrected chi connectivity index (χ4v) is 2.75. The first-order valence-corrected chi connectivity index (χ1v) is 6.16. The molecule has 2 heterocycles. The molecule has 0 spiro atoms. The lowest BCUT2D eigenvalue weighted by molar-refractivity contribution is 0.397. The van der Waals surface area contributed by atoms with Gasteiger partial charge in [-0.1, -0.05) is 0 Å². The lowest BCUT2D eigenvalue weighted by Gasteiger charge is -2.09. The molecule has 0 aliphatic carbocycles. The number of nitrogens with one attached hydrogen (secondary N) is 1. The largest absolute Gasteiger partial charge is 0.481 e. The van der Waals surface area contributed by atoms with Crippen molar-refractivity contribution < 1.29 is 4.74 Å². The topological polar surface area (TPSA) is 47.0 Å². The summed E-state index contributed by atoms with van der Waals surface area (Å²) >= 11 is 2.02. The summed E-state index contributed by atoms with van der Waals surface area (Å²) in [6.45, 7) is 0.942. The minimum atomic E-state index is 0.603. The number of aromatic nitrogens is 2. The summed E-state index contributed by atoms with van der Waals surface area (Å²) in [7, 11) is 1.61. The molecule has 1 atom stereocenters. The summed E-state index contributed by atoms with van der Waals surface area (Å²) in [5.41, 5.74) is 0. The molecule has 1 aliphatic heterocycles. The van der Waals surface area contributed by atoms with Gasteiger partial charge in [0.15, 0.2) is 0 Å². The van der Waals surface area contributed by atoms with Crippen molar-refractivity contribution in [2.24, 2.45) is 0 Å². The van der Waals surface area contributed by atoms with Crippen LogP contribution in [0.3, 0.4) is 0 Å². The maximum absolute atomic E-state index is 5.03. The second-order valence-electron chi connectivity index (χ2n) is 3.44. The predicted molar refractivity (Wildman–Crippen MR) is 62.6 cm³/mol. The number of nitrogens with zero attached hydrogens (tertiary/aromatic N) is 2. The Labute approximate surface area is 93.8 Å². The average Bonchev–Trinajstić information content (AvgIpc) is 2.79. The highest BCUT2D eigenvalue weighted by Gasteiger charge is 2.15. The Hall–Kier alpha value is -0.970. The van der Waals surface area contributed by atoms with Crippen LogP contribution in [-0.2, 0) is 0 Å². The highest BCUT2D eigenvalue weighted by Crippen LogP contribution is 2.25. The molecule has 1 fully saturated rings. The molecular formula is C10H15N3OS. The maximum atomic E-state index is 5.03. The van der Waals surface area contributed by atoms with Crippen molar-refractivity contribution in [2.75, 3.05) is 24.7 Å². The highest BCUT2D eigenvalue weighted by atomic mass is 32.2. The Kier molecular flexibility index (Phi) is 3.66. The van der Waals surface area contributed by atoms with Crippen LogP contribution < -0.4 is 10.1 Å². The van der Waals surface area contributed by atoms with Crippen LogP contribution in [0.4, 0.5) is 5.95 Å². The minimum absolute atomic E-state index is 0.603. The number of thioether (sulfide) groups is 1. The summed E-state index contributed by atoms with van der Waals surface area (Å²) in [5.74, 6) is 2.54. The number of methoxy groups -OCH3 is 1. The second-order valence-corrected chi connectivity index (χ2v) is 4.85. The van der Waals surface area contributed by atoms with Gasteiger partial charge < -0.3 is 10.1 Å². The summed E-state index contributed by atoms with van der Waals surface area (Å²) in [5, 5.41) is 3.95. The first-order valence-electron chi connectivity index (χ1n) is 5.11. The summed E-state index contributed by atoms with van der Waals surface area (Å²) in [6, 6.07) is 1.75. The summed E-state index contributed by atoms with van der Waals surface area (Å²) < 4.78 is 5.03. The van der Waals surface area contributed by atoms with Gasteiger partial charge in [0.2, 0.25) is 11.8 Å². The van der Waals surface area contributed by atoms with E-state index in [4.69, 9.17) is 4.74 Å². The van der Waals surface area contributed by atoms with E-state index in [0.717, 1.165) is 6.54 Å². The molecular weight excluding hydrogens is 210 g/mol. The monoisotopic (exact) mass is 225 g/mol. The van der Waals surface area contributed by atoms with Crippen LogP contribution in [-0.4, -0.2) is 34.6 Å². The highest BCUT2D eigenvalue weighted by molar-refractivity contribution is 8.00. The van der Waals surface area contributed by atoms with Gasteiger partial charge in [0.25, 0.3) is 0 Å². The molecule has 1 N–H and O–H groups in total. The van der Waals surface area contributed by atoms with E-state index < -0.39 is 0 Å². The molecule has 1 unspecified atom stereocenters. The van der Waals surface area contributed by atoms with Crippen LogP contribution in [0.15, 0.2) is 12.3 Å².